The van der Waals surface area contributed by atoms with Crippen molar-refractivity contribution < 1.29 is 9.18 Å². The van der Waals surface area contributed by atoms with Gasteiger partial charge in [0.05, 0.1) is 6.54 Å². The lowest BCUT2D eigenvalue weighted by molar-refractivity contribution is -0.115. The Kier molecular flexibility index (Phi) is 5.96. The Bertz CT molecular complexity index is 564. The second kappa shape index (κ2) is 7.94. The lowest BCUT2D eigenvalue weighted by atomic mass is 9.67. The molecule has 0 radical (unpaired) electrons. The predicted molar refractivity (Wildman–Crippen MR) is 91.0 cm³/mol. The maximum Gasteiger partial charge on any atom is 0.243 e. The van der Waals surface area contributed by atoms with E-state index in [1.54, 1.807) is 19.2 Å². The molecular weight excluding hydrogens is 295 g/mol. The van der Waals surface area contributed by atoms with Crippen LogP contribution in [0, 0.1) is 11.2 Å². The van der Waals surface area contributed by atoms with Gasteiger partial charge in [0, 0.05) is 19.3 Å². The molecule has 23 heavy (non-hydrogen) atoms. The lowest BCUT2D eigenvalue weighted by Crippen LogP contribution is -2.47. The molecule has 1 aliphatic rings. The van der Waals surface area contributed by atoms with Crippen molar-refractivity contribution >= 4 is 17.6 Å². The van der Waals surface area contributed by atoms with Crippen molar-refractivity contribution in [2.45, 2.75) is 32.6 Å². The van der Waals surface area contributed by atoms with Crippen LogP contribution in [0.2, 0.25) is 0 Å². The minimum atomic E-state index is -0.376. The van der Waals surface area contributed by atoms with E-state index in [9.17, 15) is 9.18 Å². The second-order valence-electron chi connectivity index (χ2n) is 6.04. The fraction of sp³-hybridized carbons (Fsp3) is 0.529. The molecule has 1 aromatic rings. The van der Waals surface area contributed by atoms with Gasteiger partial charge in [-0.25, -0.2) is 4.39 Å². The molecule has 3 N–H and O–H groups in total. The topological polar surface area (TPSA) is 65.5 Å². The van der Waals surface area contributed by atoms with Crippen LogP contribution in [0.1, 0.15) is 32.6 Å². The molecule has 0 aromatic heterocycles. The molecule has 1 saturated carbocycles. The predicted octanol–water partition coefficient (Wildman–Crippen LogP) is 2.51. The molecule has 0 bridgehead atoms. The molecule has 1 aromatic carbocycles. The molecule has 0 heterocycles. The van der Waals surface area contributed by atoms with Crippen molar-refractivity contribution in [3.05, 3.63) is 30.1 Å². The highest BCUT2D eigenvalue weighted by Crippen LogP contribution is 2.42. The molecule has 1 fully saturated rings. The highest BCUT2D eigenvalue weighted by Gasteiger charge is 2.34. The summed E-state index contributed by atoms with van der Waals surface area (Å²) in [6.45, 7) is 3.16. The number of nitrogens with zero attached hydrogens (tertiary/aromatic N) is 1. The smallest absolute Gasteiger partial charge is 0.243 e. The zero-order chi connectivity index (χ0) is 16.7. The summed E-state index contributed by atoms with van der Waals surface area (Å²) in [7, 11) is 1.68. The molecule has 1 aliphatic carbocycles. The highest BCUT2D eigenvalue weighted by molar-refractivity contribution is 5.94. The zero-order valence-electron chi connectivity index (χ0n) is 13.8. The van der Waals surface area contributed by atoms with Crippen LogP contribution in [0.25, 0.3) is 0 Å². The fourth-order valence-corrected chi connectivity index (χ4v) is 2.76. The third-order valence-corrected chi connectivity index (χ3v) is 4.54. The molecule has 5 nitrogen and oxygen atoms in total. The van der Waals surface area contributed by atoms with Crippen molar-refractivity contribution in [1.29, 1.82) is 0 Å². The van der Waals surface area contributed by atoms with E-state index in [1.165, 1.54) is 31.4 Å². The summed E-state index contributed by atoms with van der Waals surface area (Å²) in [5, 5.41) is 8.92. The average molecular weight is 320 g/mol. The summed E-state index contributed by atoms with van der Waals surface area (Å²) < 4.78 is 13.1. The fourth-order valence-electron chi connectivity index (χ4n) is 2.76. The summed E-state index contributed by atoms with van der Waals surface area (Å²) in [4.78, 5) is 16.0. The SMILES string of the molecule is CCC1(CNC(=NC)NCC(=O)Nc2cccc(F)c2)CCC1. The van der Waals surface area contributed by atoms with Crippen LogP contribution in [0.4, 0.5) is 10.1 Å². The highest BCUT2D eigenvalue weighted by atomic mass is 19.1. The minimum absolute atomic E-state index is 0.0787. The molecule has 0 spiro atoms. The standard InChI is InChI=1S/C17H25FN4O/c1-3-17(8-5-9-17)12-21-16(19-2)20-11-15(23)22-14-7-4-6-13(18)10-14/h4,6-7,10H,3,5,8-9,11-12H2,1-2H3,(H,22,23)(H2,19,20,21). The van der Waals surface area contributed by atoms with Crippen molar-refractivity contribution in [3.8, 4) is 0 Å². The Morgan fingerprint density at radius 3 is 2.70 bits per heavy atom. The van der Waals surface area contributed by atoms with E-state index in [0.717, 1.165) is 13.0 Å². The number of halogens is 1. The van der Waals surface area contributed by atoms with E-state index < -0.39 is 0 Å². The molecule has 1 amide bonds. The van der Waals surface area contributed by atoms with Gasteiger partial charge in [0.25, 0.3) is 0 Å². The van der Waals surface area contributed by atoms with E-state index in [-0.39, 0.29) is 18.3 Å². The number of carbonyl (C=O) groups excluding carboxylic acids is 1. The van der Waals surface area contributed by atoms with Crippen molar-refractivity contribution in [1.82, 2.24) is 10.6 Å². The number of aliphatic imine (C=N–C) groups is 1. The molecule has 2 rings (SSSR count). The minimum Gasteiger partial charge on any atom is -0.356 e. The van der Waals surface area contributed by atoms with Gasteiger partial charge >= 0.3 is 0 Å². The number of nitrogens with one attached hydrogen (secondary N) is 3. The normalized spacial score (nSPS) is 16.4. The van der Waals surface area contributed by atoms with Crippen LogP contribution in [0.15, 0.2) is 29.3 Å². The average Bonchev–Trinajstić information content (AvgIpc) is 2.49. The number of hydrogen-bond donors (Lipinski definition) is 3. The number of benzene rings is 1. The molecule has 126 valence electrons. The first-order valence-electron chi connectivity index (χ1n) is 8.07. The van der Waals surface area contributed by atoms with E-state index >= 15 is 0 Å². The van der Waals surface area contributed by atoms with Crippen LogP contribution < -0.4 is 16.0 Å². The number of amides is 1. The summed E-state index contributed by atoms with van der Waals surface area (Å²) in [5.41, 5.74) is 0.820. The van der Waals surface area contributed by atoms with Gasteiger partial charge in [-0.2, -0.15) is 0 Å². The number of rotatable bonds is 6. The van der Waals surface area contributed by atoms with Gasteiger partial charge in [-0.3, -0.25) is 9.79 Å². The van der Waals surface area contributed by atoms with E-state index in [4.69, 9.17) is 0 Å². The monoisotopic (exact) mass is 320 g/mol. The lowest BCUT2D eigenvalue weighted by Gasteiger charge is -2.41. The first-order valence-corrected chi connectivity index (χ1v) is 8.07. The van der Waals surface area contributed by atoms with Gasteiger partial charge in [-0.05, 0) is 42.9 Å². The third kappa shape index (κ3) is 4.94. The Hall–Kier alpha value is -2.11. The Morgan fingerprint density at radius 1 is 1.35 bits per heavy atom. The Balaban J connectivity index is 1.75. The van der Waals surface area contributed by atoms with Crippen LogP contribution in [-0.4, -0.2) is 32.0 Å². The molecular formula is C17H25FN4O. The molecule has 0 atom stereocenters. The van der Waals surface area contributed by atoms with Crippen LogP contribution in [0.5, 0.6) is 0 Å². The summed E-state index contributed by atoms with van der Waals surface area (Å²) in [6, 6.07) is 5.83. The first-order chi connectivity index (χ1) is 11.1. The largest absolute Gasteiger partial charge is 0.356 e. The quantitative estimate of drug-likeness (QED) is 0.557. The van der Waals surface area contributed by atoms with Gasteiger partial charge in [-0.15, -0.1) is 0 Å². The van der Waals surface area contributed by atoms with Crippen molar-refractivity contribution in [2.75, 3.05) is 25.5 Å². The van der Waals surface area contributed by atoms with E-state index in [2.05, 4.69) is 27.9 Å². The molecule has 0 aliphatic heterocycles. The van der Waals surface area contributed by atoms with Gasteiger partial charge in [-0.1, -0.05) is 19.4 Å². The molecule has 6 heteroatoms. The molecule has 0 saturated heterocycles. The summed E-state index contributed by atoms with van der Waals surface area (Å²) >= 11 is 0. The third-order valence-electron chi connectivity index (χ3n) is 4.54. The Labute approximate surface area is 136 Å². The summed E-state index contributed by atoms with van der Waals surface area (Å²) in [5.74, 6) is -0.00915. The van der Waals surface area contributed by atoms with E-state index in [0.29, 0.717) is 17.1 Å². The van der Waals surface area contributed by atoms with Crippen LogP contribution in [-0.2, 0) is 4.79 Å². The maximum atomic E-state index is 13.1. The van der Waals surface area contributed by atoms with Crippen molar-refractivity contribution in [3.63, 3.8) is 0 Å². The Morgan fingerprint density at radius 2 is 2.13 bits per heavy atom. The van der Waals surface area contributed by atoms with Gasteiger partial charge < -0.3 is 16.0 Å². The molecule has 0 unspecified atom stereocenters. The van der Waals surface area contributed by atoms with Crippen LogP contribution >= 0.6 is 0 Å². The van der Waals surface area contributed by atoms with Gasteiger partial charge in [0.15, 0.2) is 5.96 Å². The number of anilines is 1. The van der Waals surface area contributed by atoms with Gasteiger partial charge in [0.2, 0.25) is 5.91 Å². The van der Waals surface area contributed by atoms with E-state index in [1.807, 2.05) is 0 Å². The first kappa shape index (κ1) is 17.2. The zero-order valence-corrected chi connectivity index (χ0v) is 13.8. The maximum absolute atomic E-state index is 13.1. The van der Waals surface area contributed by atoms with Crippen molar-refractivity contribution in [2.24, 2.45) is 10.4 Å². The number of guanidine groups is 1. The van der Waals surface area contributed by atoms with Crippen LogP contribution in [0.3, 0.4) is 0 Å². The van der Waals surface area contributed by atoms with Gasteiger partial charge in [0.1, 0.15) is 5.82 Å². The number of hydrogen-bond acceptors (Lipinski definition) is 2. The summed E-state index contributed by atoms with van der Waals surface area (Å²) in [6.07, 6.45) is 4.93. The number of carbonyl (C=O) groups is 1. The second-order valence-corrected chi connectivity index (χ2v) is 6.04.